The van der Waals surface area contributed by atoms with Crippen LogP contribution in [0.5, 0.6) is 0 Å². The van der Waals surface area contributed by atoms with E-state index in [0.717, 1.165) is 13.0 Å². The van der Waals surface area contributed by atoms with E-state index >= 15 is 0 Å². The van der Waals surface area contributed by atoms with E-state index in [2.05, 4.69) is 4.98 Å². The smallest absolute Gasteiger partial charge is 0.155 e. The van der Waals surface area contributed by atoms with Crippen LogP contribution in [-0.4, -0.2) is 23.4 Å². The highest BCUT2D eigenvalue weighted by Gasteiger charge is 2.18. The van der Waals surface area contributed by atoms with E-state index in [9.17, 15) is 4.39 Å². The number of nitrogens with zero attached hydrogens (tertiary/aromatic N) is 1. The van der Waals surface area contributed by atoms with Gasteiger partial charge in [0.15, 0.2) is 5.82 Å². The Morgan fingerprint density at radius 3 is 3.23 bits per heavy atom. The molecule has 0 radical (unpaired) electrons. The van der Waals surface area contributed by atoms with Gasteiger partial charge in [0.05, 0.1) is 6.61 Å². The summed E-state index contributed by atoms with van der Waals surface area (Å²) in [5, 5.41) is 0.849. The molecular formula is C9H10FNOS. The van der Waals surface area contributed by atoms with Gasteiger partial charge in [-0.2, -0.15) is 0 Å². The second-order valence-electron chi connectivity index (χ2n) is 2.89. The molecule has 1 atom stereocenters. The minimum Gasteiger partial charge on any atom is -0.380 e. The Bertz CT molecular complexity index is 289. The van der Waals surface area contributed by atoms with Gasteiger partial charge in [-0.15, -0.1) is 0 Å². The number of aromatic nitrogens is 1. The molecule has 1 fully saturated rings. The maximum Gasteiger partial charge on any atom is 0.155 e. The highest BCUT2D eigenvalue weighted by atomic mass is 32.2. The molecule has 1 aliphatic rings. The lowest BCUT2D eigenvalue weighted by Gasteiger charge is -2.05. The average molecular weight is 199 g/mol. The standard InChI is InChI=1S/C9H10FNOS/c10-8-2-1-4-11-9(8)13-7-3-5-12-6-7/h1-2,4,7H,3,5-6H2. The van der Waals surface area contributed by atoms with Gasteiger partial charge in [-0.3, -0.25) is 0 Å². The topological polar surface area (TPSA) is 22.1 Å². The van der Waals surface area contributed by atoms with Gasteiger partial charge in [-0.05, 0) is 18.6 Å². The number of ether oxygens (including phenoxy) is 1. The molecule has 1 saturated heterocycles. The summed E-state index contributed by atoms with van der Waals surface area (Å²) in [6.07, 6.45) is 2.60. The SMILES string of the molecule is Fc1cccnc1SC1CCOC1. The van der Waals surface area contributed by atoms with Gasteiger partial charge in [-0.25, -0.2) is 9.37 Å². The average Bonchev–Trinajstić information content (AvgIpc) is 2.61. The second-order valence-corrected chi connectivity index (χ2v) is 4.18. The highest BCUT2D eigenvalue weighted by Crippen LogP contribution is 2.28. The van der Waals surface area contributed by atoms with Gasteiger partial charge in [-0.1, -0.05) is 11.8 Å². The molecule has 0 N–H and O–H groups in total. The zero-order valence-corrected chi connectivity index (χ0v) is 7.89. The van der Waals surface area contributed by atoms with Crippen LogP contribution < -0.4 is 0 Å². The van der Waals surface area contributed by atoms with E-state index in [1.165, 1.54) is 17.8 Å². The Hall–Kier alpha value is -0.610. The second kappa shape index (κ2) is 4.07. The molecule has 2 rings (SSSR count). The Balaban J connectivity index is 2.04. The van der Waals surface area contributed by atoms with Crippen molar-refractivity contribution in [1.29, 1.82) is 0 Å². The summed E-state index contributed by atoms with van der Waals surface area (Å²) in [7, 11) is 0. The number of thioether (sulfide) groups is 1. The van der Waals surface area contributed by atoms with E-state index < -0.39 is 0 Å². The maximum atomic E-state index is 13.1. The lowest BCUT2D eigenvalue weighted by Crippen LogP contribution is -2.01. The van der Waals surface area contributed by atoms with Crippen molar-refractivity contribution in [3.8, 4) is 0 Å². The van der Waals surface area contributed by atoms with Crippen molar-refractivity contribution in [3.05, 3.63) is 24.1 Å². The summed E-state index contributed by atoms with van der Waals surface area (Å²) in [6.45, 7) is 1.49. The molecule has 0 spiro atoms. The molecule has 0 bridgehead atoms. The predicted molar refractivity (Wildman–Crippen MR) is 49.3 cm³/mol. The summed E-state index contributed by atoms with van der Waals surface area (Å²) in [4.78, 5) is 3.97. The molecule has 2 heterocycles. The maximum absolute atomic E-state index is 13.1. The summed E-state index contributed by atoms with van der Waals surface area (Å²) in [5.41, 5.74) is 0. The van der Waals surface area contributed by atoms with Crippen LogP contribution in [-0.2, 0) is 4.74 Å². The lowest BCUT2D eigenvalue weighted by molar-refractivity contribution is 0.199. The van der Waals surface area contributed by atoms with Crippen molar-refractivity contribution in [1.82, 2.24) is 4.98 Å². The zero-order valence-electron chi connectivity index (χ0n) is 7.07. The number of halogens is 1. The Morgan fingerprint density at radius 2 is 2.54 bits per heavy atom. The van der Waals surface area contributed by atoms with Crippen molar-refractivity contribution < 1.29 is 9.13 Å². The van der Waals surface area contributed by atoms with Gasteiger partial charge >= 0.3 is 0 Å². The fourth-order valence-corrected chi connectivity index (χ4v) is 2.22. The van der Waals surface area contributed by atoms with Crippen molar-refractivity contribution in [2.45, 2.75) is 16.7 Å². The van der Waals surface area contributed by atoms with Crippen molar-refractivity contribution in [2.24, 2.45) is 0 Å². The number of hydrogen-bond donors (Lipinski definition) is 0. The Morgan fingerprint density at radius 1 is 1.62 bits per heavy atom. The summed E-state index contributed by atoms with van der Waals surface area (Å²) in [5.74, 6) is -0.237. The van der Waals surface area contributed by atoms with Crippen LogP contribution in [0.1, 0.15) is 6.42 Å². The van der Waals surface area contributed by atoms with Gasteiger partial charge in [0.25, 0.3) is 0 Å². The quantitative estimate of drug-likeness (QED) is 0.728. The van der Waals surface area contributed by atoms with Crippen molar-refractivity contribution >= 4 is 11.8 Å². The molecule has 0 aliphatic carbocycles. The lowest BCUT2D eigenvalue weighted by atomic mass is 10.4. The monoisotopic (exact) mass is 199 g/mol. The molecule has 0 amide bonds. The first-order valence-electron chi connectivity index (χ1n) is 4.21. The molecule has 2 nitrogen and oxygen atoms in total. The Labute approximate surface area is 80.5 Å². The minimum absolute atomic E-state index is 0.237. The first-order chi connectivity index (χ1) is 6.36. The van der Waals surface area contributed by atoms with Gasteiger partial charge in [0.2, 0.25) is 0 Å². The van der Waals surface area contributed by atoms with Crippen LogP contribution >= 0.6 is 11.8 Å². The van der Waals surface area contributed by atoms with E-state index in [0.29, 0.717) is 16.9 Å². The Kier molecular flexibility index (Phi) is 2.80. The zero-order chi connectivity index (χ0) is 9.10. The molecule has 1 aliphatic heterocycles. The van der Waals surface area contributed by atoms with E-state index in [-0.39, 0.29) is 5.82 Å². The molecule has 4 heteroatoms. The molecule has 70 valence electrons. The van der Waals surface area contributed by atoms with Crippen LogP contribution in [0.25, 0.3) is 0 Å². The molecule has 0 saturated carbocycles. The molecule has 1 unspecified atom stereocenters. The molecule has 1 aromatic heterocycles. The van der Waals surface area contributed by atoms with Crippen LogP contribution in [0.3, 0.4) is 0 Å². The summed E-state index contributed by atoms with van der Waals surface area (Å²) >= 11 is 1.47. The first kappa shape index (κ1) is 8.97. The third kappa shape index (κ3) is 2.19. The predicted octanol–water partition coefficient (Wildman–Crippen LogP) is 2.10. The van der Waals surface area contributed by atoms with E-state index in [1.807, 2.05) is 0 Å². The molecular weight excluding hydrogens is 189 g/mol. The normalized spacial score (nSPS) is 22.1. The van der Waals surface area contributed by atoms with Gasteiger partial charge < -0.3 is 4.74 Å². The van der Waals surface area contributed by atoms with Crippen LogP contribution in [0.15, 0.2) is 23.4 Å². The first-order valence-corrected chi connectivity index (χ1v) is 5.09. The summed E-state index contributed by atoms with van der Waals surface area (Å²) < 4.78 is 18.3. The van der Waals surface area contributed by atoms with Crippen molar-refractivity contribution in [3.63, 3.8) is 0 Å². The van der Waals surface area contributed by atoms with Crippen LogP contribution in [0, 0.1) is 5.82 Å². The highest BCUT2D eigenvalue weighted by molar-refractivity contribution is 7.99. The third-order valence-corrected chi connectivity index (χ3v) is 3.12. The van der Waals surface area contributed by atoms with Gasteiger partial charge in [0.1, 0.15) is 5.03 Å². The van der Waals surface area contributed by atoms with Crippen LogP contribution in [0.2, 0.25) is 0 Å². The molecule has 1 aromatic rings. The van der Waals surface area contributed by atoms with Crippen LogP contribution in [0.4, 0.5) is 4.39 Å². The molecule has 0 aromatic carbocycles. The largest absolute Gasteiger partial charge is 0.380 e. The fourth-order valence-electron chi connectivity index (χ4n) is 1.22. The molecule has 13 heavy (non-hydrogen) atoms. The number of hydrogen-bond acceptors (Lipinski definition) is 3. The van der Waals surface area contributed by atoms with E-state index in [4.69, 9.17) is 4.74 Å². The summed E-state index contributed by atoms with van der Waals surface area (Å²) in [6, 6.07) is 3.04. The third-order valence-electron chi connectivity index (χ3n) is 1.89. The number of rotatable bonds is 2. The number of pyridine rings is 1. The van der Waals surface area contributed by atoms with Crippen molar-refractivity contribution in [2.75, 3.05) is 13.2 Å². The minimum atomic E-state index is -0.237. The van der Waals surface area contributed by atoms with E-state index in [1.54, 1.807) is 12.3 Å². The van der Waals surface area contributed by atoms with Gasteiger partial charge in [0, 0.05) is 18.1 Å². The fraction of sp³-hybridized carbons (Fsp3) is 0.444.